The Hall–Kier alpha value is -2.12. The molecule has 5 rings (SSSR count). The van der Waals surface area contributed by atoms with Gasteiger partial charge in [-0.3, -0.25) is 0 Å². The van der Waals surface area contributed by atoms with Crippen LogP contribution in [0.2, 0.25) is 0 Å². The monoisotopic (exact) mass is 372 g/mol. The minimum atomic E-state index is 0.0151. The molecule has 0 amide bonds. The Kier molecular flexibility index (Phi) is 2.79. The Labute approximate surface area is 150 Å². The van der Waals surface area contributed by atoms with Crippen LogP contribution in [0.1, 0.15) is 25.0 Å². The summed E-state index contributed by atoms with van der Waals surface area (Å²) in [6.45, 7) is 4.68. The summed E-state index contributed by atoms with van der Waals surface area (Å²) in [4.78, 5) is 0. The molecule has 0 saturated heterocycles. The first-order valence-electron chi connectivity index (χ1n) is 8.33. The summed E-state index contributed by atoms with van der Waals surface area (Å²) in [5, 5.41) is 5.29. The highest BCUT2D eigenvalue weighted by atomic mass is 79.9. The van der Waals surface area contributed by atoms with Gasteiger partial charge >= 0.3 is 0 Å². The third kappa shape index (κ3) is 1.68. The first-order chi connectivity index (χ1) is 11.6. The fourth-order valence-electron chi connectivity index (χ4n) is 4.30. The van der Waals surface area contributed by atoms with Gasteiger partial charge in [-0.15, -0.1) is 0 Å². The second-order valence-electron chi connectivity index (χ2n) is 7.16. The zero-order valence-electron chi connectivity index (χ0n) is 13.7. The minimum absolute atomic E-state index is 0.0151. The highest BCUT2D eigenvalue weighted by Gasteiger charge is 2.37. The van der Waals surface area contributed by atoms with E-state index in [9.17, 15) is 0 Å². The fraction of sp³-hybridized carbons (Fsp3) is 0.130. The number of halogens is 1. The molecule has 0 saturated carbocycles. The molecule has 0 bridgehead atoms. The van der Waals surface area contributed by atoms with Crippen LogP contribution in [-0.4, -0.2) is 0 Å². The molecule has 0 aromatic heterocycles. The van der Waals surface area contributed by atoms with Gasteiger partial charge in [-0.05, 0) is 49.9 Å². The number of rotatable bonds is 0. The van der Waals surface area contributed by atoms with E-state index in [-0.39, 0.29) is 5.41 Å². The Balaban J connectivity index is 2.07. The molecule has 4 aromatic rings. The summed E-state index contributed by atoms with van der Waals surface area (Å²) in [7, 11) is 0. The summed E-state index contributed by atoms with van der Waals surface area (Å²) in [5.41, 5.74) is 5.68. The topological polar surface area (TPSA) is 0 Å². The number of hydrogen-bond donors (Lipinski definition) is 0. The first kappa shape index (κ1) is 14.2. The standard InChI is InChI=1S/C23H17Br/c1-23(2)18-12-11-14-7-3-4-8-15(14)21(18)22-17-10-6-5-9-16(17)20(24)13-19(22)23/h3-13H,1-2H3. The van der Waals surface area contributed by atoms with Crippen LogP contribution in [0, 0.1) is 0 Å². The molecule has 0 nitrogen and oxygen atoms in total. The van der Waals surface area contributed by atoms with Crippen molar-refractivity contribution in [3.8, 4) is 11.1 Å². The molecule has 0 N–H and O–H groups in total. The summed E-state index contributed by atoms with van der Waals surface area (Å²) >= 11 is 3.80. The van der Waals surface area contributed by atoms with Crippen LogP contribution in [0.15, 0.2) is 71.2 Å². The molecule has 0 spiro atoms. The quantitative estimate of drug-likeness (QED) is 0.309. The molecule has 0 atom stereocenters. The van der Waals surface area contributed by atoms with E-state index >= 15 is 0 Å². The van der Waals surface area contributed by atoms with Gasteiger partial charge in [0.15, 0.2) is 0 Å². The van der Waals surface area contributed by atoms with Crippen LogP contribution >= 0.6 is 15.9 Å². The predicted octanol–water partition coefficient (Wildman–Crippen LogP) is 7.06. The van der Waals surface area contributed by atoms with Gasteiger partial charge in [-0.2, -0.15) is 0 Å². The minimum Gasteiger partial charge on any atom is -0.0616 e. The molecule has 116 valence electrons. The zero-order valence-corrected chi connectivity index (χ0v) is 15.3. The SMILES string of the molecule is CC1(C)c2ccc3ccccc3c2-c2c1cc(Br)c1ccccc21. The molecule has 0 radical (unpaired) electrons. The van der Waals surface area contributed by atoms with Crippen LogP contribution in [0.3, 0.4) is 0 Å². The van der Waals surface area contributed by atoms with Gasteiger partial charge in [-0.25, -0.2) is 0 Å². The Morgan fingerprint density at radius 2 is 1.29 bits per heavy atom. The third-order valence-corrected chi connectivity index (χ3v) is 6.18. The highest BCUT2D eigenvalue weighted by molar-refractivity contribution is 9.10. The molecular weight excluding hydrogens is 356 g/mol. The molecule has 0 aliphatic heterocycles. The van der Waals surface area contributed by atoms with Gasteiger partial charge in [0.25, 0.3) is 0 Å². The van der Waals surface area contributed by atoms with E-state index in [0.717, 1.165) is 0 Å². The average molecular weight is 373 g/mol. The van der Waals surface area contributed by atoms with Crippen molar-refractivity contribution in [2.45, 2.75) is 19.3 Å². The van der Waals surface area contributed by atoms with E-state index < -0.39 is 0 Å². The van der Waals surface area contributed by atoms with Crippen LogP contribution < -0.4 is 0 Å². The van der Waals surface area contributed by atoms with E-state index in [2.05, 4.69) is 96.5 Å². The Morgan fingerprint density at radius 3 is 2.08 bits per heavy atom. The Bertz CT molecular complexity index is 1140. The molecule has 0 heterocycles. The van der Waals surface area contributed by atoms with Crippen LogP contribution in [0.4, 0.5) is 0 Å². The van der Waals surface area contributed by atoms with E-state index in [1.54, 1.807) is 0 Å². The maximum absolute atomic E-state index is 3.80. The van der Waals surface area contributed by atoms with E-state index in [4.69, 9.17) is 0 Å². The molecule has 0 fully saturated rings. The normalized spacial score (nSPS) is 14.8. The lowest BCUT2D eigenvalue weighted by molar-refractivity contribution is 0.661. The number of benzene rings is 4. The molecular formula is C23H17Br. The third-order valence-electron chi connectivity index (χ3n) is 5.52. The van der Waals surface area contributed by atoms with Gasteiger partial charge in [0, 0.05) is 9.89 Å². The van der Waals surface area contributed by atoms with Crippen LogP contribution in [0.25, 0.3) is 32.7 Å². The average Bonchev–Trinajstić information content (AvgIpc) is 2.83. The van der Waals surface area contributed by atoms with Crippen LogP contribution in [-0.2, 0) is 5.41 Å². The van der Waals surface area contributed by atoms with Crippen molar-refractivity contribution in [3.63, 3.8) is 0 Å². The summed E-state index contributed by atoms with van der Waals surface area (Å²) < 4.78 is 1.18. The summed E-state index contributed by atoms with van der Waals surface area (Å²) in [5.74, 6) is 0. The second kappa shape index (κ2) is 4.70. The van der Waals surface area contributed by atoms with Crippen molar-refractivity contribution in [2.75, 3.05) is 0 Å². The van der Waals surface area contributed by atoms with Crippen molar-refractivity contribution in [1.82, 2.24) is 0 Å². The fourth-order valence-corrected chi connectivity index (χ4v) is 4.87. The Morgan fingerprint density at radius 1 is 0.667 bits per heavy atom. The molecule has 0 unspecified atom stereocenters. The molecule has 1 aliphatic rings. The van der Waals surface area contributed by atoms with Crippen molar-refractivity contribution in [1.29, 1.82) is 0 Å². The molecule has 24 heavy (non-hydrogen) atoms. The summed E-state index contributed by atoms with van der Waals surface area (Å²) in [6, 6.07) is 24.4. The molecule has 1 heteroatoms. The van der Waals surface area contributed by atoms with Crippen molar-refractivity contribution < 1.29 is 0 Å². The van der Waals surface area contributed by atoms with E-state index in [0.29, 0.717) is 0 Å². The summed E-state index contributed by atoms with van der Waals surface area (Å²) in [6.07, 6.45) is 0. The van der Waals surface area contributed by atoms with Gasteiger partial charge in [0.1, 0.15) is 0 Å². The van der Waals surface area contributed by atoms with Crippen molar-refractivity contribution >= 4 is 37.5 Å². The molecule has 4 aromatic carbocycles. The first-order valence-corrected chi connectivity index (χ1v) is 9.12. The lowest BCUT2D eigenvalue weighted by Gasteiger charge is -2.22. The zero-order chi connectivity index (χ0) is 16.5. The van der Waals surface area contributed by atoms with Gasteiger partial charge < -0.3 is 0 Å². The van der Waals surface area contributed by atoms with Gasteiger partial charge in [-0.1, -0.05) is 90.4 Å². The van der Waals surface area contributed by atoms with Gasteiger partial charge in [0.2, 0.25) is 0 Å². The van der Waals surface area contributed by atoms with Crippen LogP contribution in [0.5, 0.6) is 0 Å². The van der Waals surface area contributed by atoms with Crippen molar-refractivity contribution in [2.24, 2.45) is 0 Å². The highest BCUT2D eigenvalue weighted by Crippen LogP contribution is 2.54. The smallest absolute Gasteiger partial charge is 0.0257 e. The van der Waals surface area contributed by atoms with E-state index in [1.807, 2.05) is 0 Å². The van der Waals surface area contributed by atoms with E-state index in [1.165, 1.54) is 48.3 Å². The largest absolute Gasteiger partial charge is 0.0616 e. The number of hydrogen-bond acceptors (Lipinski definition) is 0. The maximum Gasteiger partial charge on any atom is 0.0257 e. The predicted molar refractivity (Wildman–Crippen MR) is 107 cm³/mol. The molecule has 1 aliphatic carbocycles. The van der Waals surface area contributed by atoms with Gasteiger partial charge in [0.05, 0.1) is 0 Å². The second-order valence-corrected chi connectivity index (χ2v) is 8.02. The lowest BCUT2D eigenvalue weighted by Crippen LogP contribution is -2.15. The number of fused-ring (bicyclic) bond motifs is 7. The van der Waals surface area contributed by atoms with Crippen molar-refractivity contribution in [3.05, 3.63) is 82.3 Å². The maximum atomic E-state index is 3.80. The lowest BCUT2D eigenvalue weighted by atomic mass is 9.82.